The average Bonchev–Trinajstić information content (AvgIpc) is 3.01. The second-order valence-corrected chi connectivity index (χ2v) is 6.52. The molecular formula is C19H19N5O. The molecule has 1 aromatic carbocycles. The van der Waals surface area contributed by atoms with Gasteiger partial charge in [0.2, 0.25) is 0 Å². The van der Waals surface area contributed by atoms with Crippen LogP contribution in [-0.2, 0) is 13.0 Å². The number of nitrogens with zero attached hydrogens (tertiary/aromatic N) is 4. The number of rotatable bonds is 2. The summed E-state index contributed by atoms with van der Waals surface area (Å²) < 4.78 is 0. The first-order chi connectivity index (χ1) is 12.2. The molecule has 0 fully saturated rings. The summed E-state index contributed by atoms with van der Waals surface area (Å²) in [5, 5.41) is 7.18. The van der Waals surface area contributed by atoms with E-state index in [9.17, 15) is 4.79 Å². The Morgan fingerprint density at radius 1 is 1.24 bits per heavy atom. The van der Waals surface area contributed by atoms with Crippen molar-refractivity contribution >= 4 is 5.91 Å². The number of benzene rings is 1. The molecule has 0 radical (unpaired) electrons. The molecular weight excluding hydrogens is 314 g/mol. The molecule has 0 saturated carbocycles. The van der Waals surface area contributed by atoms with Crippen molar-refractivity contribution in [3.8, 4) is 11.3 Å². The molecule has 0 saturated heterocycles. The summed E-state index contributed by atoms with van der Waals surface area (Å²) in [7, 11) is 0. The van der Waals surface area contributed by atoms with E-state index in [4.69, 9.17) is 0 Å². The van der Waals surface area contributed by atoms with Gasteiger partial charge in [-0.2, -0.15) is 5.10 Å². The number of hydrogen-bond donors (Lipinski definition) is 1. The lowest BCUT2D eigenvalue weighted by Crippen LogP contribution is -2.33. The number of amides is 1. The van der Waals surface area contributed by atoms with Gasteiger partial charge in [-0.15, -0.1) is 0 Å². The molecule has 1 unspecified atom stereocenters. The largest absolute Gasteiger partial charge is 0.334 e. The van der Waals surface area contributed by atoms with E-state index < -0.39 is 0 Å². The third-order valence-corrected chi connectivity index (χ3v) is 4.53. The predicted molar refractivity (Wildman–Crippen MR) is 93.7 cm³/mol. The van der Waals surface area contributed by atoms with Gasteiger partial charge >= 0.3 is 0 Å². The van der Waals surface area contributed by atoms with Gasteiger partial charge in [-0.1, -0.05) is 37.3 Å². The van der Waals surface area contributed by atoms with Crippen LogP contribution in [0.3, 0.4) is 0 Å². The molecule has 25 heavy (non-hydrogen) atoms. The fourth-order valence-electron chi connectivity index (χ4n) is 3.35. The van der Waals surface area contributed by atoms with E-state index in [1.165, 1.54) is 6.33 Å². The van der Waals surface area contributed by atoms with Crippen molar-refractivity contribution in [2.75, 3.05) is 6.54 Å². The van der Waals surface area contributed by atoms with Crippen LogP contribution in [0.15, 0.2) is 49.1 Å². The van der Waals surface area contributed by atoms with E-state index in [0.29, 0.717) is 30.3 Å². The molecule has 1 aliphatic rings. The topological polar surface area (TPSA) is 74.8 Å². The molecule has 2 aromatic heterocycles. The third kappa shape index (κ3) is 3.03. The lowest BCUT2D eigenvalue weighted by molar-refractivity contribution is 0.0725. The first-order valence-corrected chi connectivity index (χ1v) is 8.38. The van der Waals surface area contributed by atoms with Crippen LogP contribution in [0.2, 0.25) is 0 Å². The fraction of sp³-hybridized carbons (Fsp3) is 0.263. The van der Waals surface area contributed by atoms with Gasteiger partial charge in [0.1, 0.15) is 6.33 Å². The highest BCUT2D eigenvalue weighted by Crippen LogP contribution is 2.25. The van der Waals surface area contributed by atoms with Crippen molar-refractivity contribution in [3.05, 3.63) is 65.9 Å². The van der Waals surface area contributed by atoms with Crippen molar-refractivity contribution < 1.29 is 4.79 Å². The van der Waals surface area contributed by atoms with Crippen LogP contribution in [0.4, 0.5) is 0 Å². The van der Waals surface area contributed by atoms with E-state index >= 15 is 0 Å². The Morgan fingerprint density at radius 3 is 2.92 bits per heavy atom. The molecule has 6 nitrogen and oxygen atoms in total. The first-order valence-electron chi connectivity index (χ1n) is 8.38. The summed E-state index contributed by atoms with van der Waals surface area (Å²) in [5.41, 5.74) is 4.32. The fourth-order valence-corrected chi connectivity index (χ4v) is 3.35. The highest BCUT2D eigenvalue weighted by molar-refractivity contribution is 5.99. The molecule has 0 aliphatic carbocycles. The summed E-state index contributed by atoms with van der Waals surface area (Å²) in [5.74, 6) is 0.316. The number of carbonyl (C=O) groups excluding carboxylic acids is 1. The minimum atomic E-state index is -0.0413. The molecule has 1 amide bonds. The molecule has 1 aliphatic heterocycles. The number of aromatic amines is 1. The maximum atomic E-state index is 13.2. The van der Waals surface area contributed by atoms with Gasteiger partial charge in [0.05, 0.1) is 17.5 Å². The van der Waals surface area contributed by atoms with Crippen LogP contribution in [-0.4, -0.2) is 37.5 Å². The van der Waals surface area contributed by atoms with Gasteiger partial charge in [-0.3, -0.25) is 9.89 Å². The van der Waals surface area contributed by atoms with E-state index in [1.807, 2.05) is 41.4 Å². The number of carbonyl (C=O) groups is 1. The van der Waals surface area contributed by atoms with Crippen LogP contribution in [0.25, 0.3) is 11.3 Å². The predicted octanol–water partition coefficient (Wildman–Crippen LogP) is 2.70. The molecule has 0 bridgehead atoms. The van der Waals surface area contributed by atoms with E-state index in [1.54, 1.807) is 6.20 Å². The Labute approximate surface area is 145 Å². The summed E-state index contributed by atoms with van der Waals surface area (Å²) in [6, 6.07) is 9.74. The van der Waals surface area contributed by atoms with E-state index in [2.05, 4.69) is 27.1 Å². The Morgan fingerprint density at radius 2 is 2.08 bits per heavy atom. The van der Waals surface area contributed by atoms with Gasteiger partial charge in [-0.05, 0) is 12.3 Å². The van der Waals surface area contributed by atoms with Gasteiger partial charge in [0.25, 0.3) is 5.91 Å². The minimum Gasteiger partial charge on any atom is -0.334 e. The average molecular weight is 333 g/mol. The molecule has 6 heteroatoms. The van der Waals surface area contributed by atoms with Crippen molar-refractivity contribution in [1.29, 1.82) is 0 Å². The van der Waals surface area contributed by atoms with Gasteiger partial charge in [0, 0.05) is 36.1 Å². The summed E-state index contributed by atoms with van der Waals surface area (Å²) in [4.78, 5) is 23.6. The van der Waals surface area contributed by atoms with Crippen molar-refractivity contribution in [2.45, 2.75) is 19.9 Å². The molecule has 3 aromatic rings. The van der Waals surface area contributed by atoms with Crippen LogP contribution in [0, 0.1) is 5.92 Å². The van der Waals surface area contributed by atoms with Crippen LogP contribution < -0.4 is 0 Å². The lowest BCUT2D eigenvalue weighted by atomic mass is 10.0. The number of fused-ring (bicyclic) bond motifs is 1. The van der Waals surface area contributed by atoms with Gasteiger partial charge in [0.15, 0.2) is 0 Å². The number of hydrogen-bond acceptors (Lipinski definition) is 4. The van der Waals surface area contributed by atoms with Gasteiger partial charge < -0.3 is 4.90 Å². The molecule has 0 spiro atoms. The highest BCUT2D eigenvalue weighted by Gasteiger charge is 2.27. The van der Waals surface area contributed by atoms with Crippen LogP contribution in [0.1, 0.15) is 28.5 Å². The SMILES string of the molecule is CC1Cc2[nH]ncc2CN(C(=O)c2cncnc2-c2ccccc2)C1. The molecule has 1 N–H and O–H groups in total. The van der Waals surface area contributed by atoms with E-state index in [-0.39, 0.29) is 5.91 Å². The minimum absolute atomic E-state index is 0.0413. The molecule has 4 rings (SSSR count). The quantitative estimate of drug-likeness (QED) is 0.782. The Hall–Kier alpha value is -3.02. The smallest absolute Gasteiger partial charge is 0.257 e. The Bertz CT molecular complexity index is 890. The zero-order chi connectivity index (χ0) is 17.2. The third-order valence-electron chi connectivity index (χ3n) is 4.53. The summed E-state index contributed by atoms with van der Waals surface area (Å²) >= 11 is 0. The summed E-state index contributed by atoms with van der Waals surface area (Å²) in [6.45, 7) is 3.40. The molecule has 126 valence electrons. The monoisotopic (exact) mass is 333 g/mol. The number of H-pyrrole nitrogens is 1. The normalized spacial score (nSPS) is 17.0. The second kappa shape index (κ2) is 6.47. The van der Waals surface area contributed by atoms with Gasteiger partial charge in [-0.25, -0.2) is 9.97 Å². The standard InChI is InChI=1S/C19H19N5O/c1-13-7-17-15(8-22-23-17)11-24(10-13)19(25)16-9-20-12-21-18(16)14-5-3-2-4-6-14/h2-6,8-9,12-13H,7,10-11H2,1H3,(H,22,23). The maximum absolute atomic E-state index is 13.2. The Kier molecular flexibility index (Phi) is 4.01. The summed E-state index contributed by atoms with van der Waals surface area (Å²) in [6.07, 6.45) is 5.81. The molecule has 1 atom stereocenters. The van der Waals surface area contributed by atoms with Crippen LogP contribution >= 0.6 is 0 Å². The zero-order valence-corrected chi connectivity index (χ0v) is 14.0. The van der Waals surface area contributed by atoms with E-state index in [0.717, 1.165) is 23.2 Å². The zero-order valence-electron chi connectivity index (χ0n) is 14.0. The second-order valence-electron chi connectivity index (χ2n) is 6.52. The maximum Gasteiger partial charge on any atom is 0.257 e. The molecule has 3 heterocycles. The number of nitrogens with one attached hydrogen (secondary N) is 1. The Balaban J connectivity index is 1.70. The first kappa shape index (κ1) is 15.5. The van der Waals surface area contributed by atoms with Crippen LogP contribution in [0.5, 0.6) is 0 Å². The van der Waals surface area contributed by atoms with Crippen molar-refractivity contribution in [2.24, 2.45) is 5.92 Å². The number of aromatic nitrogens is 4. The van der Waals surface area contributed by atoms with Crippen molar-refractivity contribution in [1.82, 2.24) is 25.1 Å². The van der Waals surface area contributed by atoms with Crippen molar-refractivity contribution in [3.63, 3.8) is 0 Å². The lowest BCUT2D eigenvalue weighted by Gasteiger charge is -2.23. The highest BCUT2D eigenvalue weighted by atomic mass is 16.2.